The lowest BCUT2D eigenvalue weighted by atomic mass is 9.85. The highest BCUT2D eigenvalue weighted by molar-refractivity contribution is 5.56. The Bertz CT molecular complexity index is 1300. The van der Waals surface area contributed by atoms with Crippen LogP contribution in [0.2, 0.25) is 0 Å². The van der Waals surface area contributed by atoms with E-state index in [0.29, 0.717) is 30.1 Å². The molecule has 0 amide bonds. The third-order valence-electron chi connectivity index (χ3n) is 11.8. The van der Waals surface area contributed by atoms with Crippen LogP contribution in [0.3, 0.4) is 0 Å². The van der Waals surface area contributed by atoms with Gasteiger partial charge in [0.1, 0.15) is 0 Å². The first-order valence-corrected chi connectivity index (χ1v) is 18.2. The molecule has 4 heterocycles. The Kier molecular flexibility index (Phi) is 9.49. The van der Waals surface area contributed by atoms with Gasteiger partial charge in [0.2, 0.25) is 0 Å². The van der Waals surface area contributed by atoms with E-state index in [1.54, 1.807) is 22.3 Å². The molecule has 4 fully saturated rings. The first-order valence-electron chi connectivity index (χ1n) is 18.2. The molecule has 2 aromatic carbocycles. The number of benzene rings is 2. The highest BCUT2D eigenvalue weighted by atomic mass is 15.3. The Morgan fingerprint density at radius 1 is 0.667 bits per heavy atom. The fourth-order valence-electron chi connectivity index (χ4n) is 9.60. The zero-order chi connectivity index (χ0) is 32.1. The number of likely N-dealkylation sites (tertiary alicyclic amines) is 3. The van der Waals surface area contributed by atoms with Crippen molar-refractivity contribution < 1.29 is 0 Å². The molecule has 45 heavy (non-hydrogen) atoms. The molecular formula is C40H63N5. The highest BCUT2D eigenvalue weighted by Gasteiger charge is 2.43. The van der Waals surface area contributed by atoms with Crippen LogP contribution < -0.4 is 4.90 Å². The number of likely N-dealkylation sites (N-methyl/N-ethyl adjacent to an activating group) is 1. The van der Waals surface area contributed by atoms with Crippen LogP contribution in [0.25, 0.3) is 0 Å². The molecule has 6 rings (SSSR count). The Labute approximate surface area is 275 Å². The van der Waals surface area contributed by atoms with E-state index >= 15 is 0 Å². The monoisotopic (exact) mass is 614 g/mol. The highest BCUT2D eigenvalue weighted by Crippen LogP contribution is 2.51. The van der Waals surface area contributed by atoms with Gasteiger partial charge >= 0.3 is 0 Å². The van der Waals surface area contributed by atoms with Crippen molar-refractivity contribution in [3.8, 4) is 0 Å². The van der Waals surface area contributed by atoms with Crippen LogP contribution >= 0.6 is 0 Å². The maximum Gasteiger partial charge on any atom is 0.0414 e. The predicted molar refractivity (Wildman–Crippen MR) is 191 cm³/mol. The lowest BCUT2D eigenvalue weighted by Crippen LogP contribution is -2.44. The molecule has 0 aliphatic carbocycles. The van der Waals surface area contributed by atoms with Crippen LogP contribution in [0.1, 0.15) is 133 Å². The van der Waals surface area contributed by atoms with E-state index in [1.807, 2.05) is 0 Å². The maximum absolute atomic E-state index is 2.90. The number of piperidine rings is 1. The first-order chi connectivity index (χ1) is 21.3. The minimum absolute atomic E-state index is 0.0672. The van der Waals surface area contributed by atoms with Gasteiger partial charge in [0.05, 0.1) is 0 Å². The molecule has 0 spiro atoms. The van der Waals surface area contributed by atoms with Gasteiger partial charge < -0.3 is 14.7 Å². The predicted octanol–water partition coefficient (Wildman–Crippen LogP) is 8.25. The van der Waals surface area contributed by atoms with Crippen molar-refractivity contribution in [3.05, 3.63) is 64.7 Å². The van der Waals surface area contributed by atoms with E-state index in [-0.39, 0.29) is 11.1 Å². The summed E-state index contributed by atoms with van der Waals surface area (Å²) < 4.78 is 0. The SMILES string of the molecule is CN1CCC(c2cc(C3CCC(c4ccccc4N4CCC(N(C)C)CC4)N3C(C)(C)C)ccc2C2CCCN2C(C)(C)C)C1. The Balaban J connectivity index is 1.34. The zero-order valence-corrected chi connectivity index (χ0v) is 30.1. The fraction of sp³-hybridized carbons (Fsp3) is 0.700. The van der Waals surface area contributed by atoms with Crippen LogP contribution in [0.15, 0.2) is 42.5 Å². The van der Waals surface area contributed by atoms with Gasteiger partial charge in [-0.2, -0.15) is 0 Å². The van der Waals surface area contributed by atoms with Gasteiger partial charge in [-0.15, -0.1) is 0 Å². The van der Waals surface area contributed by atoms with E-state index in [9.17, 15) is 0 Å². The van der Waals surface area contributed by atoms with E-state index in [4.69, 9.17) is 0 Å². The molecule has 4 unspecified atom stereocenters. The molecule has 248 valence electrons. The second-order valence-corrected chi connectivity index (χ2v) is 17.1. The molecule has 4 saturated heterocycles. The molecule has 0 saturated carbocycles. The summed E-state index contributed by atoms with van der Waals surface area (Å²) in [6.45, 7) is 20.5. The van der Waals surface area contributed by atoms with Gasteiger partial charge in [-0.05, 0) is 155 Å². The van der Waals surface area contributed by atoms with Crippen LogP contribution in [-0.4, -0.2) is 90.6 Å². The van der Waals surface area contributed by atoms with Crippen molar-refractivity contribution in [1.82, 2.24) is 19.6 Å². The normalized spacial score (nSPS) is 28.2. The molecule has 2 aromatic rings. The quantitative estimate of drug-likeness (QED) is 0.325. The number of hydrogen-bond donors (Lipinski definition) is 0. The molecule has 4 aliphatic rings. The minimum atomic E-state index is 0.0672. The molecule has 5 nitrogen and oxygen atoms in total. The molecule has 5 heteroatoms. The van der Waals surface area contributed by atoms with Crippen molar-refractivity contribution in [2.45, 2.75) is 128 Å². The zero-order valence-electron chi connectivity index (χ0n) is 30.1. The number of rotatable bonds is 6. The van der Waals surface area contributed by atoms with Crippen molar-refractivity contribution in [2.75, 3.05) is 58.8 Å². The summed E-state index contributed by atoms with van der Waals surface area (Å²) >= 11 is 0. The van der Waals surface area contributed by atoms with E-state index in [2.05, 4.69) is 130 Å². The molecule has 4 atom stereocenters. The first kappa shape index (κ1) is 33.0. The molecule has 0 N–H and O–H groups in total. The van der Waals surface area contributed by atoms with Crippen molar-refractivity contribution in [2.24, 2.45) is 0 Å². The molecule has 0 radical (unpaired) electrons. The summed E-state index contributed by atoms with van der Waals surface area (Å²) in [6.07, 6.45) is 8.81. The summed E-state index contributed by atoms with van der Waals surface area (Å²) in [5.41, 5.74) is 8.10. The van der Waals surface area contributed by atoms with E-state index in [0.717, 1.165) is 13.1 Å². The van der Waals surface area contributed by atoms with Crippen LogP contribution in [0.5, 0.6) is 0 Å². The van der Waals surface area contributed by atoms with Gasteiger partial charge in [0.15, 0.2) is 0 Å². The molecular weight excluding hydrogens is 550 g/mol. The van der Waals surface area contributed by atoms with Gasteiger partial charge in [-0.25, -0.2) is 0 Å². The standard InChI is InChI=1S/C40H63N5/c1-39(2,3)44-23-12-15-37(44)32-17-16-29(27-34(32)30-20-24-42(9)28-30)35-18-19-38(45(35)40(4,5)6)33-13-10-11-14-36(33)43-25-21-31(22-26-43)41(7)8/h10-11,13-14,16-17,27,30-31,35,37-38H,12,15,18-26,28H2,1-9H3. The lowest BCUT2D eigenvalue weighted by Gasteiger charge is -2.44. The van der Waals surface area contributed by atoms with Crippen LogP contribution in [0, 0.1) is 0 Å². The van der Waals surface area contributed by atoms with E-state index < -0.39 is 0 Å². The second kappa shape index (κ2) is 12.9. The molecule has 0 aromatic heterocycles. The number of nitrogens with zero attached hydrogens (tertiary/aromatic N) is 5. The van der Waals surface area contributed by atoms with Gasteiger partial charge in [-0.1, -0.05) is 36.4 Å². The summed E-state index contributed by atoms with van der Waals surface area (Å²) in [7, 11) is 6.79. The fourth-order valence-corrected chi connectivity index (χ4v) is 9.60. The van der Waals surface area contributed by atoms with Crippen LogP contribution in [-0.2, 0) is 0 Å². The second-order valence-electron chi connectivity index (χ2n) is 17.1. The average molecular weight is 614 g/mol. The summed E-state index contributed by atoms with van der Waals surface area (Å²) in [5.74, 6) is 0.637. The van der Waals surface area contributed by atoms with Crippen molar-refractivity contribution in [1.29, 1.82) is 0 Å². The summed E-state index contributed by atoms with van der Waals surface area (Å²) in [6, 6.07) is 19.3. The summed E-state index contributed by atoms with van der Waals surface area (Å²) in [4.78, 5) is 13.3. The smallest absolute Gasteiger partial charge is 0.0414 e. The third-order valence-corrected chi connectivity index (χ3v) is 11.8. The average Bonchev–Trinajstić information content (AvgIpc) is 3.76. The number of hydrogen-bond acceptors (Lipinski definition) is 5. The van der Waals surface area contributed by atoms with Gasteiger partial charge in [0.25, 0.3) is 0 Å². The lowest BCUT2D eigenvalue weighted by molar-refractivity contribution is 0.0752. The maximum atomic E-state index is 2.90. The minimum Gasteiger partial charge on any atom is -0.371 e. The number of anilines is 1. The molecule has 0 bridgehead atoms. The summed E-state index contributed by atoms with van der Waals surface area (Å²) in [5, 5.41) is 0. The topological polar surface area (TPSA) is 16.2 Å². The van der Waals surface area contributed by atoms with Gasteiger partial charge in [-0.3, -0.25) is 9.80 Å². The Hall–Kier alpha value is -1.92. The molecule has 4 aliphatic heterocycles. The van der Waals surface area contributed by atoms with Crippen molar-refractivity contribution >= 4 is 5.69 Å². The van der Waals surface area contributed by atoms with Crippen LogP contribution in [0.4, 0.5) is 5.69 Å². The van der Waals surface area contributed by atoms with E-state index in [1.165, 1.54) is 70.3 Å². The Morgan fingerprint density at radius 3 is 2.02 bits per heavy atom. The number of para-hydroxylation sites is 1. The Morgan fingerprint density at radius 2 is 1.38 bits per heavy atom. The third kappa shape index (κ3) is 6.75. The largest absolute Gasteiger partial charge is 0.371 e. The van der Waals surface area contributed by atoms with Crippen molar-refractivity contribution in [3.63, 3.8) is 0 Å². The van der Waals surface area contributed by atoms with Gasteiger partial charge in [0, 0.05) is 60.6 Å².